The second kappa shape index (κ2) is 3.83. The highest BCUT2D eigenvalue weighted by atomic mass is 32.2. The molecule has 0 aromatic heterocycles. The van der Waals surface area contributed by atoms with Crippen molar-refractivity contribution in [3.05, 3.63) is 0 Å². The Balaban J connectivity index is 2.07. The fourth-order valence-electron chi connectivity index (χ4n) is 0.762. The van der Waals surface area contributed by atoms with Gasteiger partial charge in [0, 0.05) is 18.6 Å². The van der Waals surface area contributed by atoms with E-state index in [1.54, 1.807) is 0 Å². The molecule has 0 bridgehead atoms. The molecule has 1 unspecified atom stereocenters. The lowest BCUT2D eigenvalue weighted by Gasteiger charge is -2.07. The van der Waals surface area contributed by atoms with Crippen molar-refractivity contribution in [2.75, 3.05) is 18.2 Å². The summed E-state index contributed by atoms with van der Waals surface area (Å²) in [5.41, 5.74) is 0. The van der Waals surface area contributed by atoms with Crippen molar-refractivity contribution >= 4 is 17.7 Å². The highest BCUT2D eigenvalue weighted by Gasteiger charge is 2.14. The van der Waals surface area contributed by atoms with Gasteiger partial charge in [0.1, 0.15) is 6.61 Å². The van der Waals surface area contributed by atoms with E-state index in [0.717, 1.165) is 11.6 Å². The van der Waals surface area contributed by atoms with E-state index in [-0.39, 0.29) is 5.97 Å². The van der Waals surface area contributed by atoms with Crippen LogP contribution in [0.15, 0.2) is 0 Å². The quantitative estimate of drug-likeness (QED) is 0.588. The fourth-order valence-corrected chi connectivity index (χ4v) is 1.73. The average molecular weight is 161 g/mol. The molecule has 0 radical (unpaired) electrons. The first kappa shape index (κ1) is 7.88. The molecule has 1 rings (SSSR count). The monoisotopic (exact) mass is 161 g/mol. The summed E-state index contributed by atoms with van der Waals surface area (Å²) >= 11 is 1.83. The van der Waals surface area contributed by atoms with Crippen LogP contribution in [-0.2, 0) is 9.53 Å². The van der Waals surface area contributed by atoms with Gasteiger partial charge in [0.2, 0.25) is 0 Å². The van der Waals surface area contributed by atoms with Gasteiger partial charge in [0.15, 0.2) is 0 Å². The van der Waals surface area contributed by atoms with Gasteiger partial charge in [0.05, 0.1) is 6.04 Å². The SMILES string of the molecule is CC(=O)OCC1CSCN1. The van der Waals surface area contributed by atoms with Crippen LogP contribution in [0.4, 0.5) is 0 Å². The highest BCUT2D eigenvalue weighted by molar-refractivity contribution is 7.99. The Morgan fingerprint density at radius 3 is 3.20 bits per heavy atom. The minimum atomic E-state index is -0.196. The zero-order valence-corrected chi connectivity index (χ0v) is 6.74. The topological polar surface area (TPSA) is 38.3 Å². The molecular weight excluding hydrogens is 150 g/mol. The smallest absolute Gasteiger partial charge is 0.302 e. The van der Waals surface area contributed by atoms with Gasteiger partial charge >= 0.3 is 5.97 Å². The first-order valence-electron chi connectivity index (χ1n) is 3.23. The second-order valence-electron chi connectivity index (χ2n) is 2.22. The number of thioether (sulfide) groups is 1. The molecule has 58 valence electrons. The summed E-state index contributed by atoms with van der Waals surface area (Å²) in [7, 11) is 0. The van der Waals surface area contributed by atoms with Crippen LogP contribution in [0.1, 0.15) is 6.92 Å². The zero-order valence-electron chi connectivity index (χ0n) is 5.92. The Hall–Kier alpha value is -0.220. The van der Waals surface area contributed by atoms with Crippen molar-refractivity contribution < 1.29 is 9.53 Å². The third-order valence-corrected chi connectivity index (χ3v) is 2.29. The van der Waals surface area contributed by atoms with Crippen molar-refractivity contribution in [2.24, 2.45) is 0 Å². The van der Waals surface area contributed by atoms with Crippen LogP contribution >= 0.6 is 11.8 Å². The van der Waals surface area contributed by atoms with Gasteiger partial charge in [-0.1, -0.05) is 0 Å². The van der Waals surface area contributed by atoms with E-state index in [4.69, 9.17) is 4.74 Å². The van der Waals surface area contributed by atoms with Crippen LogP contribution in [0.2, 0.25) is 0 Å². The van der Waals surface area contributed by atoms with E-state index in [2.05, 4.69) is 5.32 Å². The third-order valence-electron chi connectivity index (χ3n) is 1.28. The largest absolute Gasteiger partial charge is 0.464 e. The van der Waals surface area contributed by atoms with E-state index in [9.17, 15) is 4.79 Å². The van der Waals surface area contributed by atoms with Gasteiger partial charge in [-0.05, 0) is 0 Å². The minimum absolute atomic E-state index is 0.196. The molecule has 1 atom stereocenters. The normalized spacial score (nSPS) is 24.7. The van der Waals surface area contributed by atoms with E-state index < -0.39 is 0 Å². The zero-order chi connectivity index (χ0) is 7.40. The Bertz CT molecular complexity index is 123. The van der Waals surface area contributed by atoms with Gasteiger partial charge < -0.3 is 10.1 Å². The number of nitrogens with one attached hydrogen (secondary N) is 1. The molecule has 1 N–H and O–H groups in total. The predicted octanol–water partition coefficient (Wildman–Crippen LogP) is 0.212. The Morgan fingerprint density at radius 2 is 2.70 bits per heavy atom. The molecule has 0 aromatic carbocycles. The van der Waals surface area contributed by atoms with Crippen LogP contribution in [0, 0.1) is 0 Å². The fraction of sp³-hybridized carbons (Fsp3) is 0.833. The summed E-state index contributed by atoms with van der Waals surface area (Å²) in [6, 6.07) is 0.369. The van der Waals surface area contributed by atoms with Gasteiger partial charge in [0.25, 0.3) is 0 Å². The van der Waals surface area contributed by atoms with E-state index >= 15 is 0 Å². The van der Waals surface area contributed by atoms with Crippen LogP contribution < -0.4 is 5.32 Å². The number of esters is 1. The molecule has 0 aliphatic carbocycles. The molecule has 10 heavy (non-hydrogen) atoms. The van der Waals surface area contributed by atoms with Crippen LogP contribution in [0.5, 0.6) is 0 Å². The van der Waals surface area contributed by atoms with E-state index in [0.29, 0.717) is 12.6 Å². The number of carbonyl (C=O) groups is 1. The molecule has 1 fully saturated rings. The Labute approximate surface area is 64.5 Å². The number of hydrogen-bond donors (Lipinski definition) is 1. The number of hydrogen-bond acceptors (Lipinski definition) is 4. The molecule has 0 spiro atoms. The van der Waals surface area contributed by atoms with Gasteiger partial charge in [-0.15, -0.1) is 11.8 Å². The molecule has 4 heteroatoms. The number of carbonyl (C=O) groups excluding carboxylic acids is 1. The number of rotatable bonds is 2. The molecule has 1 saturated heterocycles. The molecule has 0 amide bonds. The van der Waals surface area contributed by atoms with Crippen molar-refractivity contribution in [1.29, 1.82) is 0 Å². The predicted molar refractivity (Wildman–Crippen MR) is 40.9 cm³/mol. The number of ether oxygens (including phenoxy) is 1. The van der Waals surface area contributed by atoms with Crippen LogP contribution in [0.3, 0.4) is 0 Å². The summed E-state index contributed by atoms with van der Waals surface area (Å²) < 4.78 is 4.81. The van der Waals surface area contributed by atoms with Crippen LogP contribution in [0.25, 0.3) is 0 Å². The minimum Gasteiger partial charge on any atom is -0.464 e. The van der Waals surface area contributed by atoms with Gasteiger partial charge in [-0.3, -0.25) is 4.79 Å². The molecule has 1 aliphatic rings. The lowest BCUT2D eigenvalue weighted by molar-refractivity contribution is -0.141. The molecule has 1 aliphatic heterocycles. The van der Waals surface area contributed by atoms with Crippen LogP contribution in [-0.4, -0.2) is 30.2 Å². The first-order chi connectivity index (χ1) is 4.79. The van der Waals surface area contributed by atoms with Crippen molar-refractivity contribution in [1.82, 2.24) is 5.32 Å². The summed E-state index contributed by atoms with van der Waals surface area (Å²) in [6.07, 6.45) is 0. The standard InChI is InChI=1S/C6H11NO2S/c1-5(8)9-2-6-3-10-4-7-6/h6-7H,2-4H2,1H3. The third kappa shape index (κ3) is 2.58. The maximum atomic E-state index is 10.3. The molecule has 0 saturated carbocycles. The summed E-state index contributed by atoms with van der Waals surface area (Å²) in [4.78, 5) is 10.3. The lowest BCUT2D eigenvalue weighted by Crippen LogP contribution is -2.29. The molecule has 3 nitrogen and oxygen atoms in total. The van der Waals surface area contributed by atoms with Gasteiger partial charge in [-0.2, -0.15) is 0 Å². The average Bonchev–Trinajstić information content (AvgIpc) is 2.34. The summed E-state index contributed by atoms with van der Waals surface area (Å²) in [5.74, 6) is 1.83. The molecule has 0 aromatic rings. The van der Waals surface area contributed by atoms with E-state index in [1.165, 1.54) is 6.92 Å². The molecular formula is C6H11NO2S. The summed E-state index contributed by atoms with van der Waals surface area (Å²) in [5, 5.41) is 3.20. The second-order valence-corrected chi connectivity index (χ2v) is 3.25. The lowest BCUT2D eigenvalue weighted by atomic mass is 10.4. The highest BCUT2D eigenvalue weighted by Crippen LogP contribution is 2.09. The Morgan fingerprint density at radius 1 is 1.90 bits per heavy atom. The van der Waals surface area contributed by atoms with Crippen molar-refractivity contribution in [3.63, 3.8) is 0 Å². The van der Waals surface area contributed by atoms with Gasteiger partial charge in [-0.25, -0.2) is 0 Å². The summed E-state index contributed by atoms with van der Waals surface area (Å²) in [6.45, 7) is 1.95. The molecule has 1 heterocycles. The van der Waals surface area contributed by atoms with Crippen molar-refractivity contribution in [2.45, 2.75) is 13.0 Å². The van der Waals surface area contributed by atoms with E-state index in [1.807, 2.05) is 11.8 Å². The van der Waals surface area contributed by atoms with Crippen molar-refractivity contribution in [3.8, 4) is 0 Å². The maximum absolute atomic E-state index is 10.3. The Kier molecular flexibility index (Phi) is 3.02. The maximum Gasteiger partial charge on any atom is 0.302 e. The first-order valence-corrected chi connectivity index (χ1v) is 4.39.